The first kappa shape index (κ1) is 19.5. The summed E-state index contributed by atoms with van der Waals surface area (Å²) in [6.07, 6.45) is 4.53. The molecule has 0 saturated heterocycles. The van der Waals surface area contributed by atoms with Gasteiger partial charge in [-0.1, -0.05) is 11.6 Å². The van der Waals surface area contributed by atoms with Gasteiger partial charge in [-0.25, -0.2) is 0 Å². The van der Waals surface area contributed by atoms with Crippen LogP contribution in [-0.4, -0.2) is 40.9 Å². The van der Waals surface area contributed by atoms with Gasteiger partial charge in [0.15, 0.2) is 0 Å². The van der Waals surface area contributed by atoms with Crippen LogP contribution in [0.2, 0.25) is 5.02 Å². The van der Waals surface area contributed by atoms with E-state index in [1.807, 2.05) is 65.5 Å². The predicted octanol–water partition coefficient (Wildman–Crippen LogP) is 4.12. The van der Waals surface area contributed by atoms with Crippen LogP contribution >= 0.6 is 11.6 Å². The highest BCUT2D eigenvalue weighted by Gasteiger charge is 2.07. The number of H-pyrrole nitrogens is 1. The standard InChI is InChI=1S/C18H14ClN3O.C3H7NO/c19-14-1-4-17-13(9-14)6-8-22(17)11-18(23)21-15-2-3-16-12(10-15)5-7-20-16;1-4(2)3-5/h1-10,20H,11H2,(H,21,23);3H,1-2H3. The van der Waals surface area contributed by atoms with Gasteiger partial charge in [-0.05, 0) is 48.5 Å². The molecule has 2 amide bonds. The number of rotatable bonds is 4. The van der Waals surface area contributed by atoms with Gasteiger partial charge < -0.3 is 19.8 Å². The lowest BCUT2D eigenvalue weighted by molar-refractivity contribution is -0.117. The molecular formula is C21H21ClN4O2. The normalized spacial score (nSPS) is 10.4. The Kier molecular flexibility index (Phi) is 6.01. The SMILES string of the molecule is CN(C)C=O.O=C(Cn1ccc2cc(Cl)ccc21)Nc1ccc2[nH]ccc2c1. The summed E-state index contributed by atoms with van der Waals surface area (Å²) in [4.78, 5) is 26.3. The van der Waals surface area contributed by atoms with Crippen molar-refractivity contribution >= 4 is 51.4 Å². The number of nitrogens with zero attached hydrogens (tertiary/aromatic N) is 2. The molecule has 0 aliphatic carbocycles. The number of carbonyl (C=O) groups is 2. The largest absolute Gasteiger partial charge is 0.361 e. The molecular weight excluding hydrogens is 376 g/mol. The summed E-state index contributed by atoms with van der Waals surface area (Å²) in [5.41, 5.74) is 2.84. The minimum Gasteiger partial charge on any atom is -0.361 e. The van der Waals surface area contributed by atoms with E-state index in [1.54, 1.807) is 14.1 Å². The fraction of sp³-hybridized carbons (Fsp3) is 0.143. The van der Waals surface area contributed by atoms with Crippen molar-refractivity contribution in [2.45, 2.75) is 6.54 Å². The van der Waals surface area contributed by atoms with Crippen LogP contribution in [-0.2, 0) is 16.1 Å². The summed E-state index contributed by atoms with van der Waals surface area (Å²) in [5.74, 6) is -0.0627. The van der Waals surface area contributed by atoms with Crippen LogP contribution in [0.15, 0.2) is 60.9 Å². The first-order valence-electron chi connectivity index (χ1n) is 8.69. The van der Waals surface area contributed by atoms with Crippen molar-refractivity contribution in [3.8, 4) is 0 Å². The van der Waals surface area contributed by atoms with E-state index in [0.717, 1.165) is 33.9 Å². The maximum absolute atomic E-state index is 12.3. The van der Waals surface area contributed by atoms with Crippen molar-refractivity contribution in [1.82, 2.24) is 14.5 Å². The van der Waals surface area contributed by atoms with Crippen LogP contribution in [0.3, 0.4) is 0 Å². The monoisotopic (exact) mass is 396 g/mol. The molecule has 7 heteroatoms. The molecule has 0 spiro atoms. The number of hydrogen-bond donors (Lipinski definition) is 2. The van der Waals surface area contributed by atoms with Gasteiger partial charge in [-0.15, -0.1) is 0 Å². The molecule has 6 nitrogen and oxygen atoms in total. The van der Waals surface area contributed by atoms with Crippen molar-refractivity contribution in [3.63, 3.8) is 0 Å². The number of fused-ring (bicyclic) bond motifs is 2. The third-order valence-electron chi connectivity index (χ3n) is 4.09. The minimum atomic E-state index is -0.0627. The summed E-state index contributed by atoms with van der Waals surface area (Å²) >= 11 is 5.99. The molecule has 0 atom stereocenters. The second-order valence-corrected chi connectivity index (χ2v) is 6.98. The van der Waals surface area contributed by atoms with Crippen LogP contribution < -0.4 is 5.32 Å². The fourth-order valence-electron chi connectivity index (χ4n) is 2.80. The molecule has 0 bridgehead atoms. The summed E-state index contributed by atoms with van der Waals surface area (Å²) in [7, 11) is 3.38. The molecule has 2 aromatic heterocycles. The Morgan fingerprint density at radius 2 is 1.93 bits per heavy atom. The Morgan fingerprint density at radius 1 is 1.14 bits per heavy atom. The van der Waals surface area contributed by atoms with Gasteiger partial charge in [-0.2, -0.15) is 0 Å². The molecule has 4 aromatic rings. The Morgan fingerprint density at radius 3 is 2.68 bits per heavy atom. The number of anilines is 1. The van der Waals surface area contributed by atoms with Crippen LogP contribution in [0.1, 0.15) is 0 Å². The topological polar surface area (TPSA) is 70.1 Å². The van der Waals surface area contributed by atoms with Crippen LogP contribution in [0, 0.1) is 0 Å². The molecule has 0 aliphatic rings. The van der Waals surface area contributed by atoms with E-state index in [2.05, 4.69) is 10.3 Å². The van der Waals surface area contributed by atoms with E-state index in [9.17, 15) is 9.59 Å². The van der Waals surface area contributed by atoms with Gasteiger partial charge in [-0.3, -0.25) is 9.59 Å². The number of carbonyl (C=O) groups excluding carboxylic acids is 2. The molecule has 2 N–H and O–H groups in total. The van der Waals surface area contributed by atoms with Gasteiger partial charge in [0.1, 0.15) is 6.54 Å². The smallest absolute Gasteiger partial charge is 0.244 e. The molecule has 0 aliphatic heterocycles. The summed E-state index contributed by atoms with van der Waals surface area (Å²) < 4.78 is 1.91. The van der Waals surface area contributed by atoms with E-state index >= 15 is 0 Å². The third kappa shape index (κ3) is 4.72. The second kappa shape index (κ2) is 8.63. The highest BCUT2D eigenvalue weighted by Crippen LogP contribution is 2.21. The van der Waals surface area contributed by atoms with E-state index in [0.29, 0.717) is 5.02 Å². The molecule has 2 aromatic carbocycles. The zero-order valence-corrected chi connectivity index (χ0v) is 16.4. The quantitative estimate of drug-likeness (QED) is 0.509. The first-order chi connectivity index (χ1) is 13.5. The van der Waals surface area contributed by atoms with E-state index in [4.69, 9.17) is 11.6 Å². The third-order valence-corrected chi connectivity index (χ3v) is 4.33. The van der Waals surface area contributed by atoms with Crippen molar-refractivity contribution < 1.29 is 9.59 Å². The van der Waals surface area contributed by atoms with Gasteiger partial charge in [0.05, 0.1) is 0 Å². The molecule has 144 valence electrons. The van der Waals surface area contributed by atoms with Gasteiger partial charge in [0.25, 0.3) is 0 Å². The van der Waals surface area contributed by atoms with Crippen LogP contribution in [0.25, 0.3) is 21.8 Å². The number of halogens is 1. The van der Waals surface area contributed by atoms with Gasteiger partial charge in [0.2, 0.25) is 12.3 Å². The molecule has 4 rings (SSSR count). The van der Waals surface area contributed by atoms with Gasteiger partial charge >= 0.3 is 0 Å². The lowest BCUT2D eigenvalue weighted by atomic mass is 10.2. The Labute approximate surface area is 167 Å². The lowest BCUT2D eigenvalue weighted by Gasteiger charge is -2.08. The highest BCUT2D eigenvalue weighted by atomic mass is 35.5. The number of aromatic amines is 1. The van der Waals surface area contributed by atoms with Crippen molar-refractivity contribution in [2.24, 2.45) is 0 Å². The zero-order chi connectivity index (χ0) is 20.1. The number of hydrogen-bond acceptors (Lipinski definition) is 2. The molecule has 0 fully saturated rings. The number of amides is 2. The zero-order valence-electron chi connectivity index (χ0n) is 15.6. The number of aromatic nitrogens is 2. The summed E-state index contributed by atoms with van der Waals surface area (Å²) in [5, 5.41) is 5.73. The molecule has 28 heavy (non-hydrogen) atoms. The average molecular weight is 397 g/mol. The Balaban J connectivity index is 0.000000403. The second-order valence-electron chi connectivity index (χ2n) is 6.54. The number of nitrogens with one attached hydrogen (secondary N) is 2. The average Bonchev–Trinajstić information content (AvgIpc) is 3.28. The highest BCUT2D eigenvalue weighted by molar-refractivity contribution is 6.31. The van der Waals surface area contributed by atoms with E-state index < -0.39 is 0 Å². The number of benzene rings is 2. The van der Waals surface area contributed by atoms with Gasteiger partial charge in [0, 0.05) is 59.0 Å². The van der Waals surface area contributed by atoms with Crippen LogP contribution in [0.4, 0.5) is 5.69 Å². The molecule has 0 saturated carbocycles. The molecule has 0 unspecified atom stereocenters. The lowest BCUT2D eigenvalue weighted by Crippen LogP contribution is -2.18. The van der Waals surface area contributed by atoms with Crippen molar-refractivity contribution in [1.29, 1.82) is 0 Å². The maximum Gasteiger partial charge on any atom is 0.244 e. The van der Waals surface area contributed by atoms with E-state index in [-0.39, 0.29) is 12.5 Å². The first-order valence-corrected chi connectivity index (χ1v) is 9.07. The van der Waals surface area contributed by atoms with Crippen molar-refractivity contribution in [3.05, 3.63) is 65.9 Å². The van der Waals surface area contributed by atoms with Crippen molar-refractivity contribution in [2.75, 3.05) is 19.4 Å². The van der Waals surface area contributed by atoms with E-state index in [1.165, 1.54) is 4.90 Å². The fourth-order valence-corrected chi connectivity index (χ4v) is 2.98. The molecule has 0 radical (unpaired) electrons. The van der Waals surface area contributed by atoms with Crippen LogP contribution in [0.5, 0.6) is 0 Å². The molecule has 2 heterocycles. The minimum absolute atomic E-state index is 0.0627. The maximum atomic E-state index is 12.3. The summed E-state index contributed by atoms with van der Waals surface area (Å²) in [6.45, 7) is 0.260. The predicted molar refractivity (Wildman–Crippen MR) is 114 cm³/mol. The Hall–Kier alpha value is -3.25. The Bertz CT molecular complexity index is 1110. The summed E-state index contributed by atoms with van der Waals surface area (Å²) in [6, 6.07) is 15.4.